The summed E-state index contributed by atoms with van der Waals surface area (Å²) in [5.74, 6) is 0.240. The Morgan fingerprint density at radius 2 is 1.81 bits per heavy atom. The molecule has 2 aromatic carbocycles. The molecule has 0 fully saturated rings. The average Bonchev–Trinajstić information content (AvgIpc) is 2.36. The van der Waals surface area contributed by atoms with Gasteiger partial charge in [0.2, 0.25) is 0 Å². The molecule has 0 aromatic heterocycles. The largest absolute Gasteiger partial charge is 0.489 e. The van der Waals surface area contributed by atoms with Crippen LogP contribution in [0.25, 0.3) is 0 Å². The fraction of sp³-hybridized carbons (Fsp3) is 0.200. The first-order chi connectivity index (χ1) is 9.77. The van der Waals surface area contributed by atoms with Crippen molar-refractivity contribution in [3.05, 3.63) is 58.9 Å². The summed E-state index contributed by atoms with van der Waals surface area (Å²) >= 11 is 0. The highest BCUT2D eigenvalue weighted by atomic mass is 35.7. The van der Waals surface area contributed by atoms with Crippen LogP contribution in [-0.2, 0) is 15.7 Å². The summed E-state index contributed by atoms with van der Waals surface area (Å²) in [7, 11) is 1.57. The van der Waals surface area contributed by atoms with Crippen molar-refractivity contribution < 1.29 is 17.5 Å². The number of halogens is 2. The van der Waals surface area contributed by atoms with Gasteiger partial charge in [-0.05, 0) is 60.9 Å². The molecule has 0 aliphatic rings. The third-order valence-electron chi connectivity index (χ3n) is 3.11. The van der Waals surface area contributed by atoms with Gasteiger partial charge >= 0.3 is 0 Å². The summed E-state index contributed by atoms with van der Waals surface area (Å²) in [4.78, 5) is 0.0643. The first-order valence-electron chi connectivity index (χ1n) is 6.20. The molecule has 2 aromatic rings. The van der Waals surface area contributed by atoms with Gasteiger partial charge in [0.05, 0.1) is 4.90 Å². The number of rotatable bonds is 4. The van der Waals surface area contributed by atoms with E-state index in [1.54, 1.807) is 32.0 Å². The summed E-state index contributed by atoms with van der Waals surface area (Å²) in [6.07, 6.45) is 0. The van der Waals surface area contributed by atoms with E-state index in [4.69, 9.17) is 15.4 Å². The zero-order valence-corrected chi connectivity index (χ0v) is 13.1. The average molecular weight is 329 g/mol. The molecule has 2 rings (SSSR count). The maximum atomic E-state index is 13.0. The van der Waals surface area contributed by atoms with E-state index in [2.05, 4.69) is 0 Å². The second-order valence-electron chi connectivity index (χ2n) is 4.72. The Morgan fingerprint density at radius 3 is 2.38 bits per heavy atom. The van der Waals surface area contributed by atoms with E-state index in [-0.39, 0.29) is 17.3 Å². The quantitative estimate of drug-likeness (QED) is 0.798. The molecule has 0 atom stereocenters. The molecule has 0 saturated heterocycles. The molecule has 112 valence electrons. The Kier molecular flexibility index (Phi) is 4.54. The van der Waals surface area contributed by atoms with Crippen LogP contribution in [0, 0.1) is 19.7 Å². The van der Waals surface area contributed by atoms with Crippen LogP contribution in [0.15, 0.2) is 41.3 Å². The SMILES string of the molecule is Cc1cc(F)ccc1COc1ccc(S(=O)(=O)Cl)c(C)c1. The van der Waals surface area contributed by atoms with Crippen LogP contribution in [0.1, 0.15) is 16.7 Å². The van der Waals surface area contributed by atoms with E-state index >= 15 is 0 Å². The highest BCUT2D eigenvalue weighted by Crippen LogP contribution is 2.24. The van der Waals surface area contributed by atoms with Gasteiger partial charge in [-0.25, -0.2) is 12.8 Å². The van der Waals surface area contributed by atoms with E-state index in [0.29, 0.717) is 11.3 Å². The Bertz CT molecular complexity index is 772. The predicted octanol–water partition coefficient (Wildman–Crippen LogP) is 3.95. The van der Waals surface area contributed by atoms with Gasteiger partial charge in [0.25, 0.3) is 9.05 Å². The summed E-state index contributed by atoms with van der Waals surface area (Å²) in [5.41, 5.74) is 2.17. The van der Waals surface area contributed by atoms with Crippen molar-refractivity contribution in [3.63, 3.8) is 0 Å². The lowest BCUT2D eigenvalue weighted by atomic mass is 10.1. The maximum absolute atomic E-state index is 13.0. The minimum atomic E-state index is -3.75. The zero-order valence-electron chi connectivity index (χ0n) is 11.6. The maximum Gasteiger partial charge on any atom is 0.261 e. The fourth-order valence-corrected chi connectivity index (χ4v) is 3.16. The monoisotopic (exact) mass is 328 g/mol. The van der Waals surface area contributed by atoms with Crippen LogP contribution in [0.5, 0.6) is 5.75 Å². The van der Waals surface area contributed by atoms with Gasteiger partial charge in [0.1, 0.15) is 18.2 Å². The van der Waals surface area contributed by atoms with Crippen LogP contribution in [0.2, 0.25) is 0 Å². The van der Waals surface area contributed by atoms with Gasteiger partial charge in [0.15, 0.2) is 0 Å². The lowest BCUT2D eigenvalue weighted by Crippen LogP contribution is -2.00. The number of benzene rings is 2. The topological polar surface area (TPSA) is 43.4 Å². The normalized spacial score (nSPS) is 11.4. The van der Waals surface area contributed by atoms with Gasteiger partial charge in [-0.1, -0.05) is 6.07 Å². The van der Waals surface area contributed by atoms with Crippen molar-refractivity contribution in [2.45, 2.75) is 25.3 Å². The lowest BCUT2D eigenvalue weighted by molar-refractivity contribution is 0.305. The molecule has 0 bridgehead atoms. The van der Waals surface area contributed by atoms with E-state index < -0.39 is 9.05 Å². The molecule has 0 amide bonds. The first-order valence-corrected chi connectivity index (χ1v) is 8.51. The number of hydrogen-bond acceptors (Lipinski definition) is 3. The molecular weight excluding hydrogens is 315 g/mol. The number of ether oxygens (including phenoxy) is 1. The summed E-state index contributed by atoms with van der Waals surface area (Å²) in [5, 5.41) is 0. The number of aryl methyl sites for hydroxylation is 2. The van der Waals surface area contributed by atoms with Gasteiger partial charge in [-0.3, -0.25) is 0 Å². The van der Waals surface area contributed by atoms with Crippen molar-refractivity contribution >= 4 is 19.7 Å². The van der Waals surface area contributed by atoms with Crippen LogP contribution in [0.3, 0.4) is 0 Å². The van der Waals surface area contributed by atoms with Crippen molar-refractivity contribution in [3.8, 4) is 5.75 Å². The molecule has 0 spiro atoms. The van der Waals surface area contributed by atoms with Crippen LogP contribution >= 0.6 is 10.7 Å². The van der Waals surface area contributed by atoms with E-state index in [1.807, 2.05) is 0 Å². The molecular formula is C15H14ClFO3S. The molecule has 0 radical (unpaired) electrons. The van der Waals surface area contributed by atoms with Crippen molar-refractivity contribution in [2.24, 2.45) is 0 Å². The Balaban J connectivity index is 2.16. The van der Waals surface area contributed by atoms with Gasteiger partial charge in [-0.2, -0.15) is 0 Å². The zero-order chi connectivity index (χ0) is 15.6. The second kappa shape index (κ2) is 6.03. The van der Waals surface area contributed by atoms with Crippen LogP contribution in [0.4, 0.5) is 4.39 Å². The molecule has 6 heteroatoms. The van der Waals surface area contributed by atoms with Crippen LogP contribution in [-0.4, -0.2) is 8.42 Å². The highest BCUT2D eigenvalue weighted by molar-refractivity contribution is 8.13. The fourth-order valence-electron chi connectivity index (χ4n) is 1.97. The van der Waals surface area contributed by atoms with E-state index in [9.17, 15) is 12.8 Å². The highest BCUT2D eigenvalue weighted by Gasteiger charge is 2.13. The second-order valence-corrected chi connectivity index (χ2v) is 7.26. The van der Waals surface area contributed by atoms with Crippen LogP contribution < -0.4 is 4.74 Å². The van der Waals surface area contributed by atoms with Crippen molar-refractivity contribution in [2.75, 3.05) is 0 Å². The molecule has 0 saturated carbocycles. The Hall–Kier alpha value is -1.59. The molecule has 3 nitrogen and oxygen atoms in total. The van der Waals surface area contributed by atoms with Crippen molar-refractivity contribution in [1.29, 1.82) is 0 Å². The molecule has 0 heterocycles. The van der Waals surface area contributed by atoms with Gasteiger partial charge in [0, 0.05) is 10.7 Å². The number of hydrogen-bond donors (Lipinski definition) is 0. The third-order valence-corrected chi connectivity index (χ3v) is 4.59. The summed E-state index contributed by atoms with van der Waals surface area (Å²) < 4.78 is 41.2. The molecule has 21 heavy (non-hydrogen) atoms. The van der Waals surface area contributed by atoms with Gasteiger partial charge < -0.3 is 4.74 Å². The van der Waals surface area contributed by atoms with Crippen molar-refractivity contribution in [1.82, 2.24) is 0 Å². The molecule has 0 aliphatic heterocycles. The van der Waals surface area contributed by atoms with Gasteiger partial charge in [-0.15, -0.1) is 0 Å². The lowest BCUT2D eigenvalue weighted by Gasteiger charge is -2.10. The Morgan fingerprint density at radius 1 is 1.10 bits per heavy atom. The molecule has 0 aliphatic carbocycles. The third kappa shape index (κ3) is 3.95. The Labute approximate surface area is 127 Å². The van der Waals surface area contributed by atoms with E-state index in [1.165, 1.54) is 18.2 Å². The smallest absolute Gasteiger partial charge is 0.261 e. The summed E-state index contributed by atoms with van der Waals surface area (Å²) in [6, 6.07) is 9.03. The standard InChI is InChI=1S/C15H14ClFO3S/c1-10-7-13(17)4-3-12(10)9-20-14-5-6-15(11(2)8-14)21(16,18)19/h3-8H,9H2,1-2H3. The minimum Gasteiger partial charge on any atom is -0.489 e. The molecule has 0 unspecified atom stereocenters. The molecule has 0 N–H and O–H groups in total. The minimum absolute atomic E-state index is 0.0643. The van der Waals surface area contributed by atoms with E-state index in [0.717, 1.165) is 11.1 Å². The first kappa shape index (κ1) is 15.8. The summed E-state index contributed by atoms with van der Waals surface area (Å²) in [6.45, 7) is 3.72. The predicted molar refractivity (Wildman–Crippen MR) is 79.7 cm³/mol.